The van der Waals surface area contributed by atoms with Crippen LogP contribution in [0.25, 0.3) is 17.1 Å². The Morgan fingerprint density at radius 2 is 2.00 bits per heavy atom. The van der Waals surface area contributed by atoms with Gasteiger partial charge in [0.25, 0.3) is 5.91 Å². The lowest BCUT2D eigenvalue weighted by Gasteiger charge is -2.05. The molecule has 0 spiro atoms. The lowest BCUT2D eigenvalue weighted by Crippen LogP contribution is -2.13. The number of imidazole rings is 1. The first-order valence-electron chi connectivity index (χ1n) is 9.39. The van der Waals surface area contributed by atoms with E-state index in [-0.39, 0.29) is 5.57 Å². The summed E-state index contributed by atoms with van der Waals surface area (Å²) in [7, 11) is 0. The van der Waals surface area contributed by atoms with Gasteiger partial charge in [0.15, 0.2) is 10.2 Å². The Balaban J connectivity index is 1.46. The second-order valence-electron chi connectivity index (χ2n) is 6.49. The number of amides is 1. The topological polar surface area (TPSA) is 94.7 Å². The SMILES string of the molecule is CCc1ccc(NC(=O)/C(C#N)=C\c2ccc(Sc3nc4ccccc4[nH]3)o2)cc1. The summed E-state index contributed by atoms with van der Waals surface area (Å²) in [5, 5.41) is 13.4. The number of benzene rings is 2. The van der Waals surface area contributed by atoms with Crippen LogP contribution in [0.5, 0.6) is 0 Å². The standard InChI is InChI=1S/C23H18N4O2S/c1-2-15-7-9-17(10-8-15)25-22(28)16(14-24)13-18-11-12-21(29-18)30-23-26-19-5-3-4-6-20(19)27-23/h3-13H,2H2,1H3,(H,25,28)(H,26,27)/b16-13-. The second-order valence-corrected chi connectivity index (χ2v) is 7.49. The molecule has 4 rings (SSSR count). The van der Waals surface area contributed by atoms with E-state index in [4.69, 9.17) is 4.42 Å². The molecule has 2 aromatic carbocycles. The van der Waals surface area contributed by atoms with E-state index in [9.17, 15) is 10.1 Å². The molecule has 0 atom stereocenters. The van der Waals surface area contributed by atoms with E-state index in [1.807, 2.05) is 54.6 Å². The summed E-state index contributed by atoms with van der Waals surface area (Å²) in [4.78, 5) is 20.2. The molecule has 2 heterocycles. The van der Waals surface area contributed by atoms with Crippen LogP contribution < -0.4 is 5.32 Å². The van der Waals surface area contributed by atoms with Crippen molar-refractivity contribution < 1.29 is 9.21 Å². The van der Waals surface area contributed by atoms with Gasteiger partial charge in [-0.2, -0.15) is 5.26 Å². The summed E-state index contributed by atoms with van der Waals surface area (Å²) in [5.41, 5.74) is 3.60. The van der Waals surface area contributed by atoms with Gasteiger partial charge in [0, 0.05) is 11.8 Å². The number of nitriles is 1. The molecule has 0 bridgehead atoms. The van der Waals surface area contributed by atoms with Gasteiger partial charge in [-0.05, 0) is 60.1 Å². The fourth-order valence-corrected chi connectivity index (χ4v) is 3.62. The molecule has 0 fully saturated rings. The first-order valence-corrected chi connectivity index (χ1v) is 10.2. The van der Waals surface area contributed by atoms with Crippen molar-refractivity contribution in [1.82, 2.24) is 9.97 Å². The molecule has 2 N–H and O–H groups in total. The number of nitrogens with zero attached hydrogens (tertiary/aromatic N) is 2. The monoisotopic (exact) mass is 414 g/mol. The van der Waals surface area contributed by atoms with Gasteiger partial charge in [0.05, 0.1) is 11.0 Å². The quantitative estimate of drug-likeness (QED) is 0.325. The van der Waals surface area contributed by atoms with Gasteiger partial charge in [0.2, 0.25) is 0 Å². The van der Waals surface area contributed by atoms with Crippen molar-refractivity contribution in [2.24, 2.45) is 0 Å². The fourth-order valence-electron chi connectivity index (χ4n) is 2.85. The van der Waals surface area contributed by atoms with Gasteiger partial charge in [-0.1, -0.05) is 31.2 Å². The third kappa shape index (κ3) is 4.45. The van der Waals surface area contributed by atoms with Crippen LogP contribution in [0.2, 0.25) is 0 Å². The van der Waals surface area contributed by atoms with Crippen LogP contribution in [0, 0.1) is 11.3 Å². The van der Waals surface area contributed by atoms with E-state index in [2.05, 4.69) is 22.2 Å². The van der Waals surface area contributed by atoms with Crippen LogP contribution in [-0.4, -0.2) is 15.9 Å². The molecule has 148 valence electrons. The molecule has 2 aromatic heterocycles. The molecule has 0 unspecified atom stereocenters. The van der Waals surface area contributed by atoms with Crippen molar-refractivity contribution in [3.05, 3.63) is 77.6 Å². The Morgan fingerprint density at radius 3 is 2.73 bits per heavy atom. The highest BCUT2D eigenvalue weighted by atomic mass is 32.2. The average Bonchev–Trinajstić information content (AvgIpc) is 3.38. The molecule has 0 radical (unpaired) electrons. The molecular formula is C23H18N4O2S. The van der Waals surface area contributed by atoms with Gasteiger partial charge < -0.3 is 14.7 Å². The van der Waals surface area contributed by atoms with E-state index < -0.39 is 5.91 Å². The minimum atomic E-state index is -0.482. The van der Waals surface area contributed by atoms with E-state index in [0.29, 0.717) is 21.7 Å². The number of furan rings is 1. The highest BCUT2D eigenvalue weighted by molar-refractivity contribution is 7.99. The summed E-state index contributed by atoms with van der Waals surface area (Å²) >= 11 is 1.34. The fraction of sp³-hybridized carbons (Fsp3) is 0.0870. The van der Waals surface area contributed by atoms with Crippen molar-refractivity contribution >= 4 is 40.5 Å². The molecule has 0 aliphatic heterocycles. The maximum absolute atomic E-state index is 12.4. The number of carbonyl (C=O) groups excluding carboxylic acids is 1. The summed E-state index contributed by atoms with van der Waals surface area (Å²) in [6.45, 7) is 2.06. The number of hydrogen-bond acceptors (Lipinski definition) is 5. The molecule has 0 saturated carbocycles. The van der Waals surface area contributed by atoms with Crippen molar-refractivity contribution in [3.8, 4) is 6.07 Å². The minimum Gasteiger partial charge on any atom is -0.450 e. The van der Waals surface area contributed by atoms with Crippen LogP contribution in [0.4, 0.5) is 5.69 Å². The maximum atomic E-state index is 12.4. The highest BCUT2D eigenvalue weighted by Crippen LogP contribution is 2.29. The Bertz CT molecular complexity index is 1230. The zero-order valence-corrected chi connectivity index (χ0v) is 17.0. The summed E-state index contributed by atoms with van der Waals surface area (Å²) in [6, 6.07) is 20.7. The number of H-pyrrole nitrogens is 1. The number of fused-ring (bicyclic) bond motifs is 1. The van der Waals surface area contributed by atoms with Crippen LogP contribution in [0.1, 0.15) is 18.2 Å². The van der Waals surface area contributed by atoms with Crippen LogP contribution in [-0.2, 0) is 11.2 Å². The lowest BCUT2D eigenvalue weighted by molar-refractivity contribution is -0.112. The molecule has 30 heavy (non-hydrogen) atoms. The summed E-state index contributed by atoms with van der Waals surface area (Å²) in [5.74, 6) is -0.0636. The zero-order chi connectivity index (χ0) is 20.9. The van der Waals surface area contributed by atoms with E-state index in [1.54, 1.807) is 12.1 Å². The zero-order valence-electron chi connectivity index (χ0n) is 16.2. The number of hydrogen-bond donors (Lipinski definition) is 2. The maximum Gasteiger partial charge on any atom is 0.266 e. The average molecular weight is 414 g/mol. The second kappa shape index (κ2) is 8.72. The molecule has 4 aromatic rings. The van der Waals surface area contributed by atoms with E-state index in [0.717, 1.165) is 17.5 Å². The molecule has 0 aliphatic rings. The summed E-state index contributed by atoms with van der Waals surface area (Å²) in [6.07, 6.45) is 2.35. The number of rotatable bonds is 6. The first-order chi connectivity index (χ1) is 14.6. The Morgan fingerprint density at radius 1 is 1.20 bits per heavy atom. The third-order valence-corrected chi connectivity index (χ3v) is 5.25. The Labute approximate surface area is 177 Å². The van der Waals surface area contributed by atoms with Gasteiger partial charge in [-0.25, -0.2) is 4.98 Å². The number of aryl methyl sites for hydroxylation is 1. The predicted molar refractivity (Wildman–Crippen MR) is 117 cm³/mol. The normalized spacial score (nSPS) is 11.4. The van der Waals surface area contributed by atoms with E-state index >= 15 is 0 Å². The molecule has 0 aliphatic carbocycles. The summed E-state index contributed by atoms with van der Waals surface area (Å²) < 4.78 is 5.74. The van der Waals surface area contributed by atoms with Gasteiger partial charge in [-0.3, -0.25) is 4.79 Å². The number of aromatic nitrogens is 2. The number of aromatic amines is 1. The van der Waals surface area contributed by atoms with Gasteiger partial charge >= 0.3 is 0 Å². The number of nitrogens with one attached hydrogen (secondary N) is 2. The van der Waals surface area contributed by atoms with Gasteiger partial charge in [0.1, 0.15) is 17.4 Å². The Hall–Kier alpha value is -3.76. The van der Waals surface area contributed by atoms with E-state index in [1.165, 1.54) is 23.4 Å². The first kappa shape index (κ1) is 19.6. The molecular weight excluding hydrogens is 396 g/mol. The van der Waals surface area contributed by atoms with Crippen LogP contribution in [0.15, 0.2) is 80.9 Å². The number of carbonyl (C=O) groups is 1. The molecule has 0 saturated heterocycles. The largest absolute Gasteiger partial charge is 0.450 e. The van der Waals surface area contributed by atoms with Crippen molar-refractivity contribution in [3.63, 3.8) is 0 Å². The van der Waals surface area contributed by atoms with Crippen molar-refractivity contribution in [2.75, 3.05) is 5.32 Å². The number of anilines is 1. The third-order valence-electron chi connectivity index (χ3n) is 4.44. The van der Waals surface area contributed by atoms with Crippen molar-refractivity contribution in [1.29, 1.82) is 5.26 Å². The van der Waals surface area contributed by atoms with Gasteiger partial charge in [-0.15, -0.1) is 0 Å². The minimum absolute atomic E-state index is 0.0378. The highest BCUT2D eigenvalue weighted by Gasteiger charge is 2.12. The predicted octanol–water partition coefficient (Wildman–Crippen LogP) is 5.42. The lowest BCUT2D eigenvalue weighted by atomic mass is 10.1. The molecule has 6 nitrogen and oxygen atoms in total. The van der Waals surface area contributed by atoms with Crippen molar-refractivity contribution in [2.45, 2.75) is 23.6 Å². The molecule has 7 heteroatoms. The number of para-hydroxylation sites is 2. The smallest absolute Gasteiger partial charge is 0.266 e. The van der Waals surface area contributed by atoms with Crippen LogP contribution >= 0.6 is 11.8 Å². The van der Waals surface area contributed by atoms with Crippen LogP contribution in [0.3, 0.4) is 0 Å². The Kier molecular flexibility index (Phi) is 5.68. The molecule has 1 amide bonds.